The van der Waals surface area contributed by atoms with Crippen molar-refractivity contribution in [2.75, 3.05) is 12.3 Å². The lowest BCUT2D eigenvalue weighted by molar-refractivity contribution is -0.152. The summed E-state index contributed by atoms with van der Waals surface area (Å²) in [6.07, 6.45) is -0.00928. The molecule has 2 aliphatic heterocycles. The molecule has 0 aromatic heterocycles. The van der Waals surface area contributed by atoms with Gasteiger partial charge in [-0.05, 0) is 17.7 Å². The van der Waals surface area contributed by atoms with Crippen LogP contribution in [0.2, 0.25) is 5.02 Å². The van der Waals surface area contributed by atoms with E-state index in [1.165, 1.54) is 0 Å². The molecule has 4 nitrogen and oxygen atoms in total. The second kappa shape index (κ2) is 5.06. The van der Waals surface area contributed by atoms with Crippen LogP contribution >= 0.6 is 23.4 Å². The first-order valence-electron chi connectivity index (χ1n) is 6.10. The molecule has 0 aliphatic carbocycles. The molecule has 1 atom stereocenters. The molecule has 0 N–H and O–H groups in total. The maximum Gasteiger partial charge on any atom is 0.234 e. The predicted molar refractivity (Wildman–Crippen MR) is 74.6 cm³/mol. The predicted octanol–water partition coefficient (Wildman–Crippen LogP) is 1.93. The summed E-state index contributed by atoms with van der Waals surface area (Å²) in [6, 6.07) is 7.46. The van der Waals surface area contributed by atoms with Crippen LogP contribution in [0.15, 0.2) is 24.3 Å². The monoisotopic (exact) mass is 296 g/mol. The Balaban J connectivity index is 1.80. The van der Waals surface area contributed by atoms with Gasteiger partial charge in [-0.15, -0.1) is 11.8 Å². The average molecular weight is 297 g/mol. The Morgan fingerprint density at radius 1 is 1.21 bits per heavy atom. The molecule has 0 bridgehead atoms. The average Bonchev–Trinajstić information content (AvgIpc) is 2.86. The highest BCUT2D eigenvalue weighted by Gasteiger charge is 2.41. The SMILES string of the molecule is O=C1CC(=O)N(Cc2ccc(Cl)cc2)C2SCCN12. The van der Waals surface area contributed by atoms with Crippen LogP contribution in [0.5, 0.6) is 0 Å². The Kier molecular flexibility index (Phi) is 3.41. The number of rotatable bonds is 2. The first kappa shape index (κ1) is 12.8. The van der Waals surface area contributed by atoms with E-state index in [1.807, 2.05) is 24.3 Å². The molecule has 1 aromatic rings. The Hall–Kier alpha value is -1.20. The fourth-order valence-corrected chi connectivity index (χ4v) is 3.79. The Morgan fingerprint density at radius 2 is 1.95 bits per heavy atom. The lowest BCUT2D eigenvalue weighted by Gasteiger charge is -2.38. The first-order valence-corrected chi connectivity index (χ1v) is 7.53. The maximum absolute atomic E-state index is 12.1. The van der Waals surface area contributed by atoms with Gasteiger partial charge < -0.3 is 9.80 Å². The van der Waals surface area contributed by atoms with Gasteiger partial charge in [0.1, 0.15) is 6.42 Å². The molecule has 2 fully saturated rings. The van der Waals surface area contributed by atoms with E-state index in [-0.39, 0.29) is 23.7 Å². The van der Waals surface area contributed by atoms with Gasteiger partial charge in [-0.25, -0.2) is 0 Å². The molecule has 2 heterocycles. The van der Waals surface area contributed by atoms with Crippen LogP contribution in [0.3, 0.4) is 0 Å². The summed E-state index contributed by atoms with van der Waals surface area (Å²) in [4.78, 5) is 27.4. The number of halogens is 1. The van der Waals surface area contributed by atoms with E-state index in [0.29, 0.717) is 11.6 Å². The highest BCUT2D eigenvalue weighted by molar-refractivity contribution is 8.00. The lowest BCUT2D eigenvalue weighted by atomic mass is 10.2. The molecule has 6 heteroatoms. The van der Waals surface area contributed by atoms with Crippen molar-refractivity contribution < 1.29 is 9.59 Å². The van der Waals surface area contributed by atoms with Crippen molar-refractivity contribution in [3.8, 4) is 0 Å². The minimum atomic E-state index is -0.135. The van der Waals surface area contributed by atoms with Crippen molar-refractivity contribution in [3.63, 3.8) is 0 Å². The lowest BCUT2D eigenvalue weighted by Crippen LogP contribution is -2.54. The molecule has 2 aliphatic rings. The van der Waals surface area contributed by atoms with E-state index in [4.69, 9.17) is 11.6 Å². The van der Waals surface area contributed by atoms with Crippen LogP contribution in [-0.2, 0) is 16.1 Å². The summed E-state index contributed by atoms with van der Waals surface area (Å²) in [7, 11) is 0. The van der Waals surface area contributed by atoms with Gasteiger partial charge in [0.15, 0.2) is 5.50 Å². The molecule has 0 radical (unpaired) electrons. The van der Waals surface area contributed by atoms with Gasteiger partial charge in [-0.1, -0.05) is 23.7 Å². The van der Waals surface area contributed by atoms with Crippen molar-refractivity contribution >= 4 is 35.2 Å². The normalized spacial score (nSPS) is 22.9. The van der Waals surface area contributed by atoms with Crippen molar-refractivity contribution in [3.05, 3.63) is 34.9 Å². The summed E-state index contributed by atoms with van der Waals surface area (Å²) in [5.41, 5.74) is 0.893. The molecular formula is C13H13ClN2O2S. The molecule has 0 spiro atoms. The van der Waals surface area contributed by atoms with Crippen LogP contribution in [0.25, 0.3) is 0 Å². The van der Waals surface area contributed by atoms with Crippen molar-refractivity contribution in [2.24, 2.45) is 0 Å². The molecule has 1 aromatic carbocycles. The van der Waals surface area contributed by atoms with E-state index in [2.05, 4.69) is 0 Å². The maximum atomic E-state index is 12.1. The molecule has 1 unspecified atom stereocenters. The fraction of sp³-hybridized carbons (Fsp3) is 0.385. The first-order chi connectivity index (χ1) is 9.15. The number of hydrogen-bond donors (Lipinski definition) is 0. The van der Waals surface area contributed by atoms with Gasteiger partial charge in [-0.2, -0.15) is 0 Å². The highest BCUT2D eigenvalue weighted by Crippen LogP contribution is 2.32. The second-order valence-electron chi connectivity index (χ2n) is 4.61. The van der Waals surface area contributed by atoms with Gasteiger partial charge >= 0.3 is 0 Å². The number of amides is 2. The number of carbonyl (C=O) groups excluding carboxylic acids is 2. The Bertz CT molecular complexity index is 520. The van der Waals surface area contributed by atoms with Crippen molar-refractivity contribution in [1.29, 1.82) is 0 Å². The molecule has 3 rings (SSSR count). The van der Waals surface area contributed by atoms with Crippen LogP contribution in [0, 0.1) is 0 Å². The number of nitrogens with zero attached hydrogens (tertiary/aromatic N) is 2. The van der Waals surface area contributed by atoms with Crippen LogP contribution in [0.4, 0.5) is 0 Å². The molecule has 0 saturated carbocycles. The van der Waals surface area contributed by atoms with E-state index in [0.717, 1.165) is 17.9 Å². The van der Waals surface area contributed by atoms with Gasteiger partial charge in [0.2, 0.25) is 11.8 Å². The zero-order valence-electron chi connectivity index (χ0n) is 10.2. The van der Waals surface area contributed by atoms with Crippen molar-refractivity contribution in [1.82, 2.24) is 9.80 Å². The molecule has 100 valence electrons. The Morgan fingerprint density at radius 3 is 2.68 bits per heavy atom. The second-order valence-corrected chi connectivity index (χ2v) is 6.21. The van der Waals surface area contributed by atoms with E-state index in [9.17, 15) is 9.59 Å². The number of hydrogen-bond acceptors (Lipinski definition) is 3. The van der Waals surface area contributed by atoms with Gasteiger partial charge in [-0.3, -0.25) is 9.59 Å². The highest BCUT2D eigenvalue weighted by atomic mass is 35.5. The topological polar surface area (TPSA) is 40.6 Å². The summed E-state index contributed by atoms with van der Waals surface area (Å²) >= 11 is 7.50. The standard InChI is InChI=1S/C13H13ClN2O2S/c14-10-3-1-9(2-4-10)8-16-12(18)7-11(17)15-5-6-19-13(15)16/h1-4,13H,5-8H2. The summed E-state index contributed by atoms with van der Waals surface area (Å²) in [6.45, 7) is 1.26. The largest absolute Gasteiger partial charge is 0.312 e. The van der Waals surface area contributed by atoms with Crippen LogP contribution in [-0.4, -0.2) is 39.4 Å². The third-order valence-corrected chi connectivity index (χ3v) is 4.82. The summed E-state index contributed by atoms with van der Waals surface area (Å²) in [5.74, 6) is 0.754. The molecule has 2 saturated heterocycles. The van der Waals surface area contributed by atoms with E-state index in [1.54, 1.807) is 21.6 Å². The third kappa shape index (κ3) is 2.44. The number of thioether (sulfide) groups is 1. The zero-order chi connectivity index (χ0) is 13.4. The van der Waals surface area contributed by atoms with Crippen molar-refractivity contribution in [2.45, 2.75) is 18.5 Å². The number of carbonyl (C=O) groups is 2. The van der Waals surface area contributed by atoms with Crippen LogP contribution in [0.1, 0.15) is 12.0 Å². The smallest absolute Gasteiger partial charge is 0.234 e. The molecule has 19 heavy (non-hydrogen) atoms. The minimum absolute atomic E-state index is 0.00928. The third-order valence-electron chi connectivity index (χ3n) is 3.34. The minimum Gasteiger partial charge on any atom is -0.312 e. The quantitative estimate of drug-likeness (QED) is 0.783. The molecular weight excluding hydrogens is 284 g/mol. The van der Waals surface area contributed by atoms with E-state index >= 15 is 0 Å². The van der Waals surface area contributed by atoms with Gasteiger partial charge in [0, 0.05) is 23.9 Å². The summed E-state index contributed by atoms with van der Waals surface area (Å²) < 4.78 is 0. The van der Waals surface area contributed by atoms with Gasteiger partial charge in [0.25, 0.3) is 0 Å². The summed E-state index contributed by atoms with van der Waals surface area (Å²) in [5, 5.41) is 0.681. The number of fused-ring (bicyclic) bond motifs is 1. The zero-order valence-corrected chi connectivity index (χ0v) is 11.8. The molecule has 2 amide bonds. The fourth-order valence-electron chi connectivity index (χ4n) is 2.37. The Labute approximate surface area is 120 Å². The van der Waals surface area contributed by atoms with Gasteiger partial charge in [0.05, 0.1) is 0 Å². The number of benzene rings is 1. The van der Waals surface area contributed by atoms with Crippen LogP contribution < -0.4 is 0 Å². The van der Waals surface area contributed by atoms with E-state index < -0.39 is 0 Å².